The van der Waals surface area contributed by atoms with Crippen molar-refractivity contribution in [1.29, 1.82) is 0 Å². The lowest BCUT2D eigenvalue weighted by Gasteiger charge is -2.39. The van der Waals surface area contributed by atoms with Gasteiger partial charge in [-0.15, -0.1) is 11.8 Å². The second kappa shape index (κ2) is 11.7. The molecule has 1 amide bonds. The Labute approximate surface area is 239 Å². The van der Waals surface area contributed by atoms with Gasteiger partial charge in [0.2, 0.25) is 0 Å². The Morgan fingerprint density at radius 3 is 2.54 bits per heavy atom. The van der Waals surface area contributed by atoms with E-state index in [9.17, 15) is 9.59 Å². The van der Waals surface area contributed by atoms with Gasteiger partial charge >= 0.3 is 0 Å². The lowest BCUT2D eigenvalue weighted by Crippen LogP contribution is -2.46. The van der Waals surface area contributed by atoms with Gasteiger partial charge in [-0.25, -0.2) is 0 Å². The molecule has 1 saturated carbocycles. The van der Waals surface area contributed by atoms with Gasteiger partial charge in [-0.1, -0.05) is 11.6 Å². The van der Waals surface area contributed by atoms with Gasteiger partial charge in [0.1, 0.15) is 0 Å². The zero-order valence-electron chi connectivity index (χ0n) is 23.2. The molecule has 0 bridgehead atoms. The van der Waals surface area contributed by atoms with Crippen molar-refractivity contribution in [2.75, 3.05) is 39.1 Å². The van der Waals surface area contributed by atoms with Crippen LogP contribution in [-0.4, -0.2) is 60.7 Å². The van der Waals surface area contributed by atoms with Crippen molar-refractivity contribution in [3.05, 3.63) is 49.9 Å². The molecular formula is C29H38ClN3O5S. The Bertz CT molecular complexity index is 1290. The third kappa shape index (κ3) is 5.97. The molecule has 2 N–H and O–H groups in total. The van der Waals surface area contributed by atoms with Gasteiger partial charge in [-0.05, 0) is 63.8 Å². The number of aromatic amines is 1. The Morgan fingerprint density at radius 2 is 1.85 bits per heavy atom. The normalized spacial score (nSPS) is 25.1. The fraction of sp³-hybridized carbons (Fsp3) is 0.586. The van der Waals surface area contributed by atoms with Crippen LogP contribution >= 0.6 is 23.4 Å². The van der Waals surface area contributed by atoms with E-state index in [-0.39, 0.29) is 23.9 Å². The number of hydrogen-bond acceptors (Lipinski definition) is 7. The van der Waals surface area contributed by atoms with Crippen LogP contribution in [0, 0.1) is 25.7 Å². The number of nitrogens with one attached hydrogen (secondary N) is 2. The van der Waals surface area contributed by atoms with Crippen molar-refractivity contribution in [1.82, 2.24) is 15.2 Å². The minimum Gasteiger partial charge on any atom is -0.448 e. The molecule has 1 aromatic heterocycles. The molecule has 0 spiro atoms. The smallest absolute Gasteiger partial charge is 0.254 e. The number of fused-ring (bicyclic) bond motifs is 1. The molecule has 2 aromatic rings. The van der Waals surface area contributed by atoms with E-state index < -0.39 is 5.79 Å². The van der Waals surface area contributed by atoms with E-state index in [0.29, 0.717) is 39.1 Å². The van der Waals surface area contributed by atoms with Crippen LogP contribution in [0.25, 0.3) is 0 Å². The Morgan fingerprint density at radius 1 is 1.15 bits per heavy atom. The number of nitrogens with zero attached hydrogens (tertiary/aromatic N) is 1. The highest BCUT2D eigenvalue weighted by Gasteiger charge is 2.47. The predicted octanol–water partition coefficient (Wildman–Crippen LogP) is 4.92. The number of halogens is 1. The molecule has 1 aliphatic carbocycles. The minimum absolute atomic E-state index is 0.113. The van der Waals surface area contributed by atoms with Crippen LogP contribution in [0.15, 0.2) is 21.8 Å². The van der Waals surface area contributed by atoms with E-state index >= 15 is 0 Å². The summed E-state index contributed by atoms with van der Waals surface area (Å²) < 4.78 is 18.4. The van der Waals surface area contributed by atoms with Crippen LogP contribution in [0.5, 0.6) is 11.5 Å². The first-order valence-corrected chi connectivity index (χ1v) is 15.3. The van der Waals surface area contributed by atoms with Crippen molar-refractivity contribution < 1.29 is 19.0 Å². The van der Waals surface area contributed by atoms with Crippen molar-refractivity contribution in [3.63, 3.8) is 0 Å². The van der Waals surface area contributed by atoms with Gasteiger partial charge in [-0.2, -0.15) is 0 Å². The highest BCUT2D eigenvalue weighted by molar-refractivity contribution is 7.98. The van der Waals surface area contributed by atoms with E-state index in [2.05, 4.69) is 15.2 Å². The minimum atomic E-state index is -0.821. The number of ether oxygens (including phenoxy) is 3. The summed E-state index contributed by atoms with van der Waals surface area (Å²) >= 11 is 8.12. The Hall–Kier alpha value is -2.20. The second-order valence-corrected chi connectivity index (χ2v) is 12.3. The largest absolute Gasteiger partial charge is 0.448 e. The molecule has 212 valence electrons. The van der Waals surface area contributed by atoms with E-state index in [1.54, 1.807) is 6.07 Å². The molecule has 1 atom stereocenters. The zero-order chi connectivity index (χ0) is 27.7. The first-order valence-electron chi connectivity index (χ1n) is 13.7. The molecule has 3 heterocycles. The topological polar surface area (TPSA) is 92.9 Å². The van der Waals surface area contributed by atoms with Crippen molar-refractivity contribution in [3.8, 4) is 11.5 Å². The van der Waals surface area contributed by atoms with E-state index in [4.69, 9.17) is 25.8 Å². The third-order valence-corrected chi connectivity index (χ3v) is 9.46. The quantitative estimate of drug-likeness (QED) is 0.453. The predicted molar refractivity (Wildman–Crippen MR) is 153 cm³/mol. The molecule has 39 heavy (non-hydrogen) atoms. The van der Waals surface area contributed by atoms with Gasteiger partial charge in [-0.3, -0.25) is 14.5 Å². The lowest BCUT2D eigenvalue weighted by molar-refractivity contribution is -0.123. The third-order valence-electron chi connectivity index (χ3n) is 8.38. The van der Waals surface area contributed by atoms with Crippen LogP contribution in [0.3, 0.4) is 0 Å². The molecular weight excluding hydrogens is 538 g/mol. The van der Waals surface area contributed by atoms with Crippen molar-refractivity contribution in [2.45, 2.75) is 63.7 Å². The summed E-state index contributed by atoms with van der Waals surface area (Å²) in [5, 5.41) is 3.24. The first-order chi connectivity index (χ1) is 18.7. The van der Waals surface area contributed by atoms with Gasteiger partial charge in [0.15, 0.2) is 11.5 Å². The number of benzene rings is 1. The fourth-order valence-corrected chi connectivity index (χ4v) is 7.01. The van der Waals surface area contributed by atoms with Crippen molar-refractivity contribution in [2.24, 2.45) is 11.8 Å². The maximum Gasteiger partial charge on any atom is 0.254 e. The maximum absolute atomic E-state index is 13.2. The summed E-state index contributed by atoms with van der Waals surface area (Å²) in [4.78, 5) is 31.9. The fourth-order valence-electron chi connectivity index (χ4n) is 6.07. The summed E-state index contributed by atoms with van der Waals surface area (Å²) in [6, 6.07) is 3.54. The summed E-state index contributed by atoms with van der Waals surface area (Å²) in [6.07, 6.45) is 6.22. The van der Waals surface area contributed by atoms with Gasteiger partial charge in [0, 0.05) is 66.3 Å². The molecule has 5 rings (SSSR count). The molecule has 0 unspecified atom stereocenters. The van der Waals surface area contributed by atoms with E-state index in [1.165, 1.54) is 11.8 Å². The van der Waals surface area contributed by atoms with Gasteiger partial charge in [0.25, 0.3) is 17.3 Å². The first kappa shape index (κ1) is 28.3. The van der Waals surface area contributed by atoms with Crippen LogP contribution in [0.2, 0.25) is 5.02 Å². The second-order valence-electron chi connectivity index (χ2n) is 11.1. The maximum atomic E-state index is 13.2. The molecule has 1 aromatic carbocycles. The summed E-state index contributed by atoms with van der Waals surface area (Å²) in [5.74, 6) is 0.812. The number of morpholine rings is 1. The summed E-state index contributed by atoms with van der Waals surface area (Å²) in [5.41, 5.74) is 2.21. The number of rotatable bonds is 7. The van der Waals surface area contributed by atoms with E-state index in [1.807, 2.05) is 33.1 Å². The van der Waals surface area contributed by atoms with E-state index in [0.717, 1.165) is 69.1 Å². The number of thioether (sulfide) groups is 1. The number of amides is 1. The summed E-state index contributed by atoms with van der Waals surface area (Å²) in [7, 11) is 0. The molecule has 10 heteroatoms. The molecule has 3 aliphatic rings. The van der Waals surface area contributed by atoms with Crippen LogP contribution < -0.4 is 20.3 Å². The van der Waals surface area contributed by atoms with Crippen molar-refractivity contribution >= 4 is 29.3 Å². The van der Waals surface area contributed by atoms with Gasteiger partial charge < -0.3 is 24.5 Å². The van der Waals surface area contributed by atoms with Gasteiger partial charge in [0.05, 0.1) is 18.2 Å². The van der Waals surface area contributed by atoms with Crippen LogP contribution in [-0.2, 0) is 11.3 Å². The average Bonchev–Trinajstić information content (AvgIpc) is 3.30. The average molecular weight is 576 g/mol. The molecule has 2 aliphatic heterocycles. The number of aryl methyl sites for hydroxylation is 1. The summed E-state index contributed by atoms with van der Waals surface area (Å²) in [6.45, 7) is 10.6. The number of hydrogen-bond donors (Lipinski definition) is 2. The number of H-pyrrole nitrogens is 1. The standard InChI is InChI=1S/C29H38ClN3O5S/c1-17-13-24(39-4)22(28(35)32-17)15-31-27(34)21-14-23(30)26-25(18(21)2)37-29(3,38-26)20-7-5-19(6-8-20)16-33-9-11-36-12-10-33/h13-14,19-20H,5-12,15-16H2,1-4H3,(H,31,34)(H,32,35)/t19?,20?,29-/m1/s1. The van der Waals surface area contributed by atoms with Crippen LogP contribution in [0.4, 0.5) is 0 Å². The number of carbonyl (C=O) groups excluding carboxylic acids is 1. The molecule has 0 radical (unpaired) electrons. The Balaban J connectivity index is 1.25. The number of carbonyl (C=O) groups is 1. The molecule has 2 fully saturated rings. The number of aromatic nitrogens is 1. The highest BCUT2D eigenvalue weighted by atomic mass is 35.5. The van der Waals surface area contributed by atoms with Crippen LogP contribution in [0.1, 0.15) is 59.8 Å². The lowest BCUT2D eigenvalue weighted by atomic mass is 9.78. The SMILES string of the molecule is CSc1cc(C)[nH]c(=O)c1CNC(=O)c1cc(Cl)c2c(c1C)O[C@@](C)(C1CCC(CN3CCOCC3)CC1)O2. The highest BCUT2D eigenvalue weighted by Crippen LogP contribution is 2.52. The monoisotopic (exact) mass is 575 g/mol. The molecule has 8 nitrogen and oxygen atoms in total. The number of pyridine rings is 1. The Kier molecular flexibility index (Phi) is 8.52. The zero-order valence-corrected chi connectivity index (χ0v) is 24.7. The molecule has 1 saturated heterocycles.